The van der Waals surface area contributed by atoms with Gasteiger partial charge in [0.1, 0.15) is 17.3 Å². The van der Waals surface area contributed by atoms with Crippen LogP contribution in [0.25, 0.3) is 0 Å². The van der Waals surface area contributed by atoms with Gasteiger partial charge in [0.05, 0.1) is 6.54 Å². The Labute approximate surface area is 148 Å². The van der Waals surface area contributed by atoms with Crippen LogP contribution in [0.1, 0.15) is 49.1 Å². The number of anilines is 1. The Morgan fingerprint density at radius 1 is 1.20 bits per heavy atom. The Bertz CT molecular complexity index is 674. The first-order chi connectivity index (χ1) is 12.0. The lowest BCUT2D eigenvalue weighted by atomic mass is 10.0. The molecule has 1 aromatic heterocycles. The number of amides is 2. The minimum Gasteiger partial charge on any atom is -0.350 e. The zero-order valence-corrected chi connectivity index (χ0v) is 15.3. The van der Waals surface area contributed by atoms with E-state index in [0.717, 1.165) is 37.3 Å². The van der Waals surface area contributed by atoms with Gasteiger partial charge < -0.3 is 15.1 Å². The summed E-state index contributed by atoms with van der Waals surface area (Å²) in [4.78, 5) is 37.9. The minimum atomic E-state index is -0.133. The molecule has 0 aliphatic carbocycles. The van der Waals surface area contributed by atoms with E-state index in [2.05, 4.69) is 31.1 Å². The van der Waals surface area contributed by atoms with Crippen LogP contribution in [0.4, 0.5) is 5.82 Å². The molecule has 136 valence electrons. The van der Waals surface area contributed by atoms with Gasteiger partial charge >= 0.3 is 0 Å². The second-order valence-corrected chi connectivity index (χ2v) is 7.20. The Hall–Kier alpha value is -2.18. The molecule has 1 N–H and O–H groups in total. The van der Waals surface area contributed by atoms with Crippen molar-refractivity contribution >= 4 is 17.6 Å². The fourth-order valence-electron chi connectivity index (χ4n) is 3.43. The Balaban J connectivity index is 1.93. The third-order valence-electron chi connectivity index (χ3n) is 4.61. The largest absolute Gasteiger partial charge is 0.350 e. The van der Waals surface area contributed by atoms with Gasteiger partial charge in [-0.3, -0.25) is 9.59 Å². The van der Waals surface area contributed by atoms with Crippen molar-refractivity contribution in [2.24, 2.45) is 5.92 Å². The van der Waals surface area contributed by atoms with E-state index in [0.29, 0.717) is 43.5 Å². The van der Waals surface area contributed by atoms with Crippen LogP contribution in [0.15, 0.2) is 0 Å². The first kappa shape index (κ1) is 17.6. The maximum Gasteiger partial charge on any atom is 0.270 e. The van der Waals surface area contributed by atoms with Crippen molar-refractivity contribution in [2.75, 3.05) is 37.6 Å². The fraction of sp³-hybridized carbons (Fsp3) is 0.667. The van der Waals surface area contributed by atoms with Gasteiger partial charge in [-0.2, -0.15) is 0 Å². The Morgan fingerprint density at radius 2 is 2.00 bits per heavy atom. The summed E-state index contributed by atoms with van der Waals surface area (Å²) >= 11 is 0. The van der Waals surface area contributed by atoms with E-state index >= 15 is 0 Å². The predicted octanol–water partition coefficient (Wildman–Crippen LogP) is 1.02. The fourth-order valence-corrected chi connectivity index (χ4v) is 3.43. The van der Waals surface area contributed by atoms with E-state index in [1.807, 2.05) is 9.80 Å². The summed E-state index contributed by atoms with van der Waals surface area (Å²) in [6.07, 6.45) is 2.40. The van der Waals surface area contributed by atoms with Crippen molar-refractivity contribution in [1.82, 2.24) is 20.2 Å². The van der Waals surface area contributed by atoms with Crippen molar-refractivity contribution in [3.63, 3.8) is 0 Å². The topological polar surface area (TPSA) is 78.4 Å². The van der Waals surface area contributed by atoms with Crippen LogP contribution in [-0.2, 0) is 17.6 Å². The molecule has 3 heterocycles. The van der Waals surface area contributed by atoms with Crippen molar-refractivity contribution in [3.05, 3.63) is 17.1 Å². The van der Waals surface area contributed by atoms with Gasteiger partial charge in [-0.05, 0) is 18.8 Å². The molecular weight excluding hydrogens is 318 g/mol. The third kappa shape index (κ3) is 3.75. The molecule has 3 rings (SSSR count). The number of carbonyl (C=O) groups excluding carboxylic acids is 2. The first-order valence-corrected chi connectivity index (χ1v) is 9.20. The SMILES string of the molecule is CCCN1CCN(c2nc(CC(C)C)nc3c2CCNC3=O)CC1=O. The number of piperazine rings is 1. The zero-order chi connectivity index (χ0) is 18.0. The lowest BCUT2D eigenvalue weighted by Gasteiger charge is -2.36. The molecule has 0 bridgehead atoms. The van der Waals surface area contributed by atoms with E-state index in [9.17, 15) is 9.59 Å². The highest BCUT2D eigenvalue weighted by molar-refractivity contribution is 5.96. The lowest BCUT2D eigenvalue weighted by molar-refractivity contribution is -0.131. The highest BCUT2D eigenvalue weighted by atomic mass is 16.2. The Morgan fingerprint density at radius 3 is 2.68 bits per heavy atom. The Kier molecular flexibility index (Phi) is 5.20. The average Bonchev–Trinajstić information content (AvgIpc) is 2.56. The minimum absolute atomic E-state index is 0.131. The smallest absolute Gasteiger partial charge is 0.270 e. The van der Waals surface area contributed by atoms with Crippen LogP contribution in [0.2, 0.25) is 0 Å². The number of hydrogen-bond donors (Lipinski definition) is 1. The van der Waals surface area contributed by atoms with Gasteiger partial charge in [0.25, 0.3) is 5.91 Å². The van der Waals surface area contributed by atoms with Gasteiger partial charge in [-0.15, -0.1) is 0 Å². The highest BCUT2D eigenvalue weighted by Crippen LogP contribution is 2.26. The van der Waals surface area contributed by atoms with Crippen LogP contribution >= 0.6 is 0 Å². The third-order valence-corrected chi connectivity index (χ3v) is 4.61. The molecule has 0 aromatic carbocycles. The van der Waals surface area contributed by atoms with E-state index in [4.69, 9.17) is 4.98 Å². The molecule has 2 amide bonds. The molecule has 0 radical (unpaired) electrons. The second-order valence-electron chi connectivity index (χ2n) is 7.20. The highest BCUT2D eigenvalue weighted by Gasteiger charge is 2.30. The molecule has 7 nitrogen and oxygen atoms in total. The normalized spacial score (nSPS) is 17.8. The quantitative estimate of drug-likeness (QED) is 0.862. The van der Waals surface area contributed by atoms with Crippen molar-refractivity contribution < 1.29 is 9.59 Å². The van der Waals surface area contributed by atoms with Crippen molar-refractivity contribution in [3.8, 4) is 0 Å². The predicted molar refractivity (Wildman–Crippen MR) is 95.7 cm³/mol. The number of nitrogens with one attached hydrogen (secondary N) is 1. The molecule has 1 saturated heterocycles. The number of rotatable bonds is 5. The molecule has 0 atom stereocenters. The van der Waals surface area contributed by atoms with Crippen LogP contribution in [0, 0.1) is 5.92 Å². The zero-order valence-electron chi connectivity index (χ0n) is 15.3. The number of fused-ring (bicyclic) bond motifs is 1. The van der Waals surface area contributed by atoms with Crippen molar-refractivity contribution in [2.45, 2.75) is 40.0 Å². The van der Waals surface area contributed by atoms with E-state index in [1.165, 1.54) is 0 Å². The molecule has 25 heavy (non-hydrogen) atoms. The van der Waals surface area contributed by atoms with Gasteiger partial charge in [-0.1, -0.05) is 20.8 Å². The van der Waals surface area contributed by atoms with E-state index in [-0.39, 0.29) is 11.8 Å². The summed E-state index contributed by atoms with van der Waals surface area (Å²) in [5.74, 6) is 1.86. The van der Waals surface area contributed by atoms with Gasteiger partial charge in [0.15, 0.2) is 0 Å². The van der Waals surface area contributed by atoms with E-state index < -0.39 is 0 Å². The maximum atomic E-state index is 12.4. The van der Waals surface area contributed by atoms with E-state index in [1.54, 1.807) is 0 Å². The summed E-state index contributed by atoms with van der Waals surface area (Å²) in [5.41, 5.74) is 1.36. The number of hydrogen-bond acceptors (Lipinski definition) is 5. The standard InChI is InChI=1S/C18H27N5O2/c1-4-7-22-8-9-23(11-15(22)24)17-13-5-6-19-18(25)16(13)20-14(21-17)10-12(2)3/h12H,4-11H2,1-3H3,(H,19,25). The molecule has 0 saturated carbocycles. The van der Waals surface area contributed by atoms with Gasteiger partial charge in [-0.25, -0.2) is 9.97 Å². The summed E-state index contributed by atoms with van der Waals surface area (Å²) < 4.78 is 0. The number of nitrogens with zero attached hydrogens (tertiary/aromatic N) is 4. The van der Waals surface area contributed by atoms with Crippen LogP contribution in [-0.4, -0.2) is 59.4 Å². The molecule has 2 aliphatic rings. The van der Waals surface area contributed by atoms with Crippen LogP contribution in [0.3, 0.4) is 0 Å². The average molecular weight is 345 g/mol. The van der Waals surface area contributed by atoms with Crippen molar-refractivity contribution in [1.29, 1.82) is 0 Å². The molecule has 0 spiro atoms. The summed E-state index contributed by atoms with van der Waals surface area (Å²) in [5, 5.41) is 2.86. The molecular formula is C18H27N5O2. The molecule has 1 fully saturated rings. The van der Waals surface area contributed by atoms with Gasteiger partial charge in [0.2, 0.25) is 5.91 Å². The molecule has 2 aliphatic heterocycles. The number of aromatic nitrogens is 2. The van der Waals surface area contributed by atoms with Gasteiger partial charge in [0, 0.05) is 38.2 Å². The summed E-state index contributed by atoms with van der Waals surface area (Å²) in [7, 11) is 0. The monoisotopic (exact) mass is 345 g/mol. The summed E-state index contributed by atoms with van der Waals surface area (Å²) in [6.45, 7) is 9.47. The lowest BCUT2D eigenvalue weighted by Crippen LogP contribution is -2.51. The number of carbonyl (C=O) groups is 2. The summed E-state index contributed by atoms with van der Waals surface area (Å²) in [6, 6.07) is 0. The first-order valence-electron chi connectivity index (χ1n) is 9.20. The molecule has 1 aromatic rings. The molecule has 0 unspecified atom stereocenters. The van der Waals surface area contributed by atoms with Crippen LogP contribution in [0.5, 0.6) is 0 Å². The second kappa shape index (κ2) is 7.37. The maximum absolute atomic E-state index is 12.4. The molecule has 7 heteroatoms. The van der Waals surface area contributed by atoms with Crippen LogP contribution < -0.4 is 10.2 Å².